The van der Waals surface area contributed by atoms with Crippen molar-refractivity contribution < 1.29 is 9.59 Å². The maximum atomic E-state index is 11.4. The molecule has 7 heteroatoms. The molecule has 0 saturated carbocycles. The van der Waals surface area contributed by atoms with Gasteiger partial charge in [-0.3, -0.25) is 9.59 Å². The van der Waals surface area contributed by atoms with E-state index in [4.69, 9.17) is 0 Å². The van der Waals surface area contributed by atoms with Gasteiger partial charge in [0.15, 0.2) is 0 Å². The lowest BCUT2D eigenvalue weighted by atomic mass is 10.4. The molecule has 1 fully saturated rings. The number of hydrogen-bond acceptors (Lipinski definition) is 4. The SMILES string of the molecule is CCNCCNC(=O)CN1CSCC1=O.Cl. The Morgan fingerprint density at radius 1 is 1.50 bits per heavy atom. The van der Waals surface area contributed by atoms with Crippen molar-refractivity contribution in [3.8, 4) is 0 Å². The lowest BCUT2D eigenvalue weighted by Gasteiger charge is -2.14. The van der Waals surface area contributed by atoms with Crippen molar-refractivity contribution in [2.45, 2.75) is 6.92 Å². The summed E-state index contributed by atoms with van der Waals surface area (Å²) < 4.78 is 0. The number of hydrogen-bond donors (Lipinski definition) is 2. The van der Waals surface area contributed by atoms with Crippen LogP contribution in [0.5, 0.6) is 0 Å². The topological polar surface area (TPSA) is 61.4 Å². The van der Waals surface area contributed by atoms with Crippen molar-refractivity contribution in [2.24, 2.45) is 0 Å². The van der Waals surface area contributed by atoms with Crippen LogP contribution in [-0.4, -0.2) is 54.5 Å². The number of nitrogens with one attached hydrogen (secondary N) is 2. The Morgan fingerprint density at radius 2 is 2.25 bits per heavy atom. The van der Waals surface area contributed by atoms with E-state index >= 15 is 0 Å². The molecule has 1 aliphatic heterocycles. The summed E-state index contributed by atoms with van der Waals surface area (Å²) in [6.45, 7) is 4.49. The summed E-state index contributed by atoms with van der Waals surface area (Å²) in [5.41, 5.74) is 0. The lowest BCUT2D eigenvalue weighted by Crippen LogP contribution is -2.40. The van der Waals surface area contributed by atoms with Gasteiger partial charge in [0.2, 0.25) is 11.8 Å². The standard InChI is InChI=1S/C9H17N3O2S.ClH/c1-2-10-3-4-11-8(13)5-12-7-15-6-9(12)14;/h10H,2-7H2,1H3,(H,11,13);1H. The fourth-order valence-corrected chi connectivity index (χ4v) is 2.14. The van der Waals surface area contributed by atoms with Crippen molar-refractivity contribution in [3.63, 3.8) is 0 Å². The molecule has 0 aromatic heterocycles. The molecule has 1 heterocycles. The van der Waals surface area contributed by atoms with Crippen molar-refractivity contribution in [3.05, 3.63) is 0 Å². The number of carbonyl (C=O) groups excluding carboxylic acids is 2. The third-order valence-corrected chi connectivity index (χ3v) is 2.98. The highest BCUT2D eigenvalue weighted by atomic mass is 35.5. The molecule has 2 amide bonds. The van der Waals surface area contributed by atoms with E-state index in [9.17, 15) is 9.59 Å². The molecule has 0 radical (unpaired) electrons. The summed E-state index contributed by atoms with van der Waals surface area (Å²) in [6, 6.07) is 0. The van der Waals surface area contributed by atoms with Crippen LogP contribution >= 0.6 is 24.2 Å². The number of thioether (sulfide) groups is 1. The summed E-state index contributed by atoms with van der Waals surface area (Å²) in [5, 5.41) is 5.87. The summed E-state index contributed by atoms with van der Waals surface area (Å²) in [6.07, 6.45) is 0. The minimum atomic E-state index is -0.0799. The summed E-state index contributed by atoms with van der Waals surface area (Å²) in [7, 11) is 0. The Bertz CT molecular complexity index is 241. The van der Waals surface area contributed by atoms with Crippen LogP contribution in [-0.2, 0) is 9.59 Å². The Labute approximate surface area is 106 Å². The smallest absolute Gasteiger partial charge is 0.239 e. The molecule has 0 spiro atoms. The van der Waals surface area contributed by atoms with Gasteiger partial charge < -0.3 is 15.5 Å². The van der Waals surface area contributed by atoms with E-state index < -0.39 is 0 Å². The second-order valence-electron chi connectivity index (χ2n) is 3.27. The van der Waals surface area contributed by atoms with Crippen LogP contribution in [0.25, 0.3) is 0 Å². The fourth-order valence-electron chi connectivity index (χ4n) is 1.24. The third kappa shape index (κ3) is 5.58. The van der Waals surface area contributed by atoms with Crippen molar-refractivity contribution >= 4 is 36.0 Å². The van der Waals surface area contributed by atoms with Gasteiger partial charge in [-0.25, -0.2) is 0 Å². The van der Waals surface area contributed by atoms with Crippen LogP contribution in [0.1, 0.15) is 6.92 Å². The number of nitrogens with zero attached hydrogens (tertiary/aromatic N) is 1. The van der Waals surface area contributed by atoms with E-state index in [1.165, 1.54) is 0 Å². The van der Waals surface area contributed by atoms with Gasteiger partial charge in [0.1, 0.15) is 6.54 Å². The van der Waals surface area contributed by atoms with Gasteiger partial charge in [-0.05, 0) is 6.54 Å². The van der Waals surface area contributed by atoms with Crippen LogP contribution < -0.4 is 10.6 Å². The summed E-state index contributed by atoms with van der Waals surface area (Å²) in [5.74, 6) is 1.12. The first-order valence-electron chi connectivity index (χ1n) is 5.07. The molecule has 1 rings (SSSR count). The van der Waals surface area contributed by atoms with E-state index in [1.807, 2.05) is 6.92 Å². The first-order valence-corrected chi connectivity index (χ1v) is 6.22. The number of amides is 2. The minimum Gasteiger partial charge on any atom is -0.353 e. The molecule has 0 bridgehead atoms. The summed E-state index contributed by atoms with van der Waals surface area (Å²) >= 11 is 1.55. The Morgan fingerprint density at radius 3 is 2.81 bits per heavy atom. The Balaban J connectivity index is 0.00000225. The van der Waals surface area contributed by atoms with Gasteiger partial charge in [-0.2, -0.15) is 0 Å². The largest absolute Gasteiger partial charge is 0.353 e. The lowest BCUT2D eigenvalue weighted by molar-refractivity contribution is -0.132. The number of rotatable bonds is 6. The molecular weight excluding hydrogens is 250 g/mol. The molecule has 5 nitrogen and oxygen atoms in total. The molecule has 0 aromatic rings. The van der Waals surface area contributed by atoms with Crippen molar-refractivity contribution in [2.75, 3.05) is 37.8 Å². The van der Waals surface area contributed by atoms with Crippen LogP contribution in [0.2, 0.25) is 0 Å². The average molecular weight is 268 g/mol. The fraction of sp³-hybridized carbons (Fsp3) is 0.778. The second kappa shape index (κ2) is 8.66. The second-order valence-corrected chi connectivity index (χ2v) is 4.23. The zero-order valence-corrected chi connectivity index (χ0v) is 11.0. The molecule has 1 aliphatic rings. The van der Waals surface area contributed by atoms with E-state index in [1.54, 1.807) is 16.7 Å². The highest BCUT2D eigenvalue weighted by Crippen LogP contribution is 2.13. The predicted octanol–water partition coefficient (Wildman–Crippen LogP) is -0.333. The van der Waals surface area contributed by atoms with Gasteiger partial charge >= 0.3 is 0 Å². The maximum Gasteiger partial charge on any atom is 0.239 e. The normalized spacial score (nSPS) is 14.8. The zero-order valence-electron chi connectivity index (χ0n) is 9.32. The monoisotopic (exact) mass is 267 g/mol. The average Bonchev–Trinajstić information content (AvgIpc) is 2.59. The minimum absolute atomic E-state index is 0. The number of carbonyl (C=O) groups is 2. The first kappa shape index (κ1) is 15.5. The molecule has 94 valence electrons. The molecule has 0 aromatic carbocycles. The van der Waals surface area contributed by atoms with Gasteiger partial charge in [0, 0.05) is 13.1 Å². The number of likely N-dealkylation sites (N-methyl/N-ethyl adjacent to an activating group) is 1. The molecular formula is C9H18ClN3O2S. The molecule has 0 aliphatic carbocycles. The van der Waals surface area contributed by atoms with E-state index in [0.717, 1.165) is 13.1 Å². The van der Waals surface area contributed by atoms with Crippen LogP contribution in [0.15, 0.2) is 0 Å². The third-order valence-electron chi connectivity index (χ3n) is 2.03. The Kier molecular flexibility index (Phi) is 8.42. The van der Waals surface area contributed by atoms with E-state index in [0.29, 0.717) is 18.2 Å². The molecule has 0 atom stereocenters. The molecule has 0 unspecified atom stereocenters. The quantitative estimate of drug-likeness (QED) is 0.647. The highest BCUT2D eigenvalue weighted by Gasteiger charge is 2.22. The molecule has 16 heavy (non-hydrogen) atoms. The van der Waals surface area contributed by atoms with Gasteiger partial charge in [0.05, 0.1) is 11.6 Å². The van der Waals surface area contributed by atoms with Crippen LogP contribution in [0.3, 0.4) is 0 Å². The van der Waals surface area contributed by atoms with Gasteiger partial charge in [-0.15, -0.1) is 24.2 Å². The summed E-state index contributed by atoms with van der Waals surface area (Å²) in [4.78, 5) is 24.1. The molecule has 2 N–H and O–H groups in total. The highest BCUT2D eigenvalue weighted by molar-refractivity contribution is 8.00. The maximum absolute atomic E-state index is 11.4. The number of halogens is 1. The first-order chi connectivity index (χ1) is 7.24. The molecule has 1 saturated heterocycles. The van der Waals surface area contributed by atoms with Gasteiger partial charge in [0.25, 0.3) is 0 Å². The van der Waals surface area contributed by atoms with Crippen LogP contribution in [0.4, 0.5) is 0 Å². The van der Waals surface area contributed by atoms with Crippen molar-refractivity contribution in [1.29, 1.82) is 0 Å². The van der Waals surface area contributed by atoms with Crippen LogP contribution in [0, 0.1) is 0 Å². The predicted molar refractivity (Wildman–Crippen MR) is 67.8 cm³/mol. The van der Waals surface area contributed by atoms with Crippen molar-refractivity contribution in [1.82, 2.24) is 15.5 Å². The van der Waals surface area contributed by atoms with Gasteiger partial charge in [-0.1, -0.05) is 6.92 Å². The van der Waals surface area contributed by atoms with E-state index in [2.05, 4.69) is 10.6 Å². The Hall–Kier alpha value is -0.460. The van der Waals surface area contributed by atoms with E-state index in [-0.39, 0.29) is 30.8 Å². The zero-order chi connectivity index (χ0) is 11.1.